The van der Waals surface area contributed by atoms with E-state index in [0.717, 1.165) is 108 Å². The standard InChI is InChI=1S/C57H71ClN10O6S/c1-36-52(75-35-62-36)38-21-19-37(20-22-38)31-60-54(72)47-30-41(69)34-68(47)55(73)53(57(2,3)4)64-49(70)17-11-9-7-8-10-12-18-50(71)66(5)39-25-27-67(28-26-39)40-23-24-46(48(29-40)74-6)63-56-61-33-44(58)51(65-56)43-32-59-45-16-14-13-15-42(43)45/h13-16,19-24,29,32-33,35,39,41,47,53,59,69H,7-12,17-18,25-28,30-31,34H2,1-6H3,(H,60,72)(H,64,70)(H,61,63,65)/t41-,47+,53-/m1/s1. The van der Waals surface area contributed by atoms with Crippen LogP contribution in [0.5, 0.6) is 5.75 Å². The monoisotopic (exact) mass is 1060 g/mol. The van der Waals surface area contributed by atoms with Crippen LogP contribution in [0.4, 0.5) is 17.3 Å². The largest absolute Gasteiger partial charge is 0.494 e. The van der Waals surface area contributed by atoms with Gasteiger partial charge in [0.15, 0.2) is 0 Å². The molecule has 5 N–H and O–H groups in total. The van der Waals surface area contributed by atoms with Crippen LogP contribution in [0.2, 0.25) is 5.02 Å². The van der Waals surface area contributed by atoms with E-state index in [9.17, 15) is 24.3 Å². The third-order valence-corrected chi connectivity index (χ3v) is 15.8. The second-order valence-corrected chi connectivity index (χ2v) is 22.2. The van der Waals surface area contributed by atoms with Crippen molar-refractivity contribution in [3.05, 3.63) is 101 Å². The predicted octanol–water partition coefficient (Wildman–Crippen LogP) is 9.82. The van der Waals surface area contributed by atoms with Gasteiger partial charge in [0.25, 0.3) is 0 Å². The molecule has 0 bridgehead atoms. The Morgan fingerprint density at radius 2 is 1.68 bits per heavy atom. The third kappa shape index (κ3) is 13.7. The maximum absolute atomic E-state index is 14.1. The molecule has 398 valence electrons. The summed E-state index contributed by atoms with van der Waals surface area (Å²) in [5.74, 6) is 0.303. The van der Waals surface area contributed by atoms with Gasteiger partial charge < -0.3 is 45.5 Å². The first-order chi connectivity index (χ1) is 36.1. The number of likely N-dealkylation sites (tertiary alicyclic amines) is 1. The summed E-state index contributed by atoms with van der Waals surface area (Å²) in [6.45, 7) is 9.56. The summed E-state index contributed by atoms with van der Waals surface area (Å²) in [6.07, 6.45) is 10.5. The van der Waals surface area contributed by atoms with Crippen molar-refractivity contribution in [2.75, 3.05) is 44.0 Å². The second kappa shape index (κ2) is 24.9. The Hall–Kier alpha value is -6.56. The molecule has 6 aromatic rings. The summed E-state index contributed by atoms with van der Waals surface area (Å²) in [5.41, 5.74) is 8.42. The molecule has 2 saturated heterocycles. The Morgan fingerprint density at radius 3 is 2.39 bits per heavy atom. The molecular formula is C57H71ClN10O6S. The lowest BCUT2D eigenvalue weighted by molar-refractivity contribution is -0.144. The molecule has 3 atom stereocenters. The van der Waals surface area contributed by atoms with Crippen molar-refractivity contribution in [2.45, 2.75) is 129 Å². The highest BCUT2D eigenvalue weighted by atomic mass is 35.5. The molecule has 3 aromatic carbocycles. The predicted molar refractivity (Wildman–Crippen MR) is 297 cm³/mol. The molecule has 0 unspecified atom stereocenters. The number of amides is 4. The highest BCUT2D eigenvalue weighted by Gasteiger charge is 2.44. The molecule has 0 aliphatic carbocycles. The van der Waals surface area contributed by atoms with Crippen molar-refractivity contribution in [1.82, 2.24) is 40.4 Å². The number of β-amino-alcohol motifs (C(OH)–C–C–N with tert-alkyl or cyclic N) is 1. The number of fused-ring (bicyclic) bond motifs is 1. The van der Waals surface area contributed by atoms with Crippen molar-refractivity contribution < 1.29 is 29.0 Å². The number of thiazole rings is 1. The molecule has 4 amide bonds. The molecule has 16 nitrogen and oxygen atoms in total. The van der Waals surface area contributed by atoms with Gasteiger partial charge in [-0.15, -0.1) is 11.3 Å². The second-order valence-electron chi connectivity index (χ2n) is 20.9. The first-order valence-electron chi connectivity index (χ1n) is 26.2. The van der Waals surface area contributed by atoms with E-state index < -0.39 is 23.6 Å². The lowest BCUT2D eigenvalue weighted by Gasteiger charge is -2.38. The first kappa shape index (κ1) is 54.7. The topological polar surface area (TPSA) is 198 Å². The highest BCUT2D eigenvalue weighted by Crippen LogP contribution is 2.36. The van der Waals surface area contributed by atoms with Crippen LogP contribution in [-0.2, 0) is 25.7 Å². The van der Waals surface area contributed by atoms with Crippen molar-refractivity contribution in [1.29, 1.82) is 0 Å². The average molecular weight is 1060 g/mol. The number of carbonyl (C=O) groups excluding carboxylic acids is 4. The number of H-pyrrole nitrogens is 1. The fraction of sp³-hybridized carbons (Fsp3) is 0.456. The van der Waals surface area contributed by atoms with Crippen molar-refractivity contribution >= 4 is 74.8 Å². The molecular weight excluding hydrogens is 988 g/mol. The maximum Gasteiger partial charge on any atom is 0.246 e. The zero-order valence-electron chi connectivity index (χ0n) is 44.0. The molecule has 2 aliphatic heterocycles. The van der Waals surface area contributed by atoms with Crippen molar-refractivity contribution in [3.8, 4) is 27.4 Å². The number of ether oxygens (including phenoxy) is 1. The van der Waals surface area contributed by atoms with Gasteiger partial charge in [-0.25, -0.2) is 15.0 Å². The summed E-state index contributed by atoms with van der Waals surface area (Å²) in [4.78, 5) is 77.7. The van der Waals surface area contributed by atoms with Crippen LogP contribution in [0, 0.1) is 12.3 Å². The Labute approximate surface area is 449 Å². The number of nitrogens with one attached hydrogen (secondary N) is 4. The van der Waals surface area contributed by atoms with Gasteiger partial charge in [-0.05, 0) is 67.3 Å². The number of benzene rings is 3. The smallest absolute Gasteiger partial charge is 0.246 e. The third-order valence-electron chi connectivity index (χ3n) is 14.5. The van der Waals surface area contributed by atoms with Gasteiger partial charge in [0.1, 0.15) is 17.8 Å². The number of carbonyl (C=O) groups is 4. The number of hydrogen-bond donors (Lipinski definition) is 5. The number of unbranched alkanes of at least 4 members (excludes halogenated alkanes) is 5. The SMILES string of the molecule is COc1cc(N2CCC(N(C)C(=O)CCCCCCCCC(=O)N[C@H](C(=O)N3C[C@H](O)C[C@H]3C(=O)NCc3ccc(-c4scnc4C)cc3)C(C)(C)C)CC2)ccc1Nc1ncc(Cl)c(-c2c[nH]c3ccccc23)n1. The summed E-state index contributed by atoms with van der Waals surface area (Å²) in [5, 5.41) is 21.3. The molecule has 2 fully saturated rings. The van der Waals surface area contributed by atoms with Crippen LogP contribution in [-0.4, -0.2) is 116 Å². The van der Waals surface area contributed by atoms with Crippen molar-refractivity contribution in [3.63, 3.8) is 0 Å². The van der Waals surface area contributed by atoms with Crippen LogP contribution < -0.4 is 25.6 Å². The lowest BCUT2D eigenvalue weighted by Crippen LogP contribution is -2.57. The van der Waals surface area contributed by atoms with Gasteiger partial charge in [0.05, 0.1) is 51.9 Å². The number of methoxy groups -OCH3 is 1. The van der Waals surface area contributed by atoms with Gasteiger partial charge in [-0.2, -0.15) is 0 Å². The maximum atomic E-state index is 14.1. The molecule has 0 spiro atoms. The molecule has 3 aromatic heterocycles. The number of rotatable bonds is 21. The molecule has 0 radical (unpaired) electrons. The number of aromatic nitrogens is 4. The molecule has 0 saturated carbocycles. The number of aryl methyl sites for hydroxylation is 1. The van der Waals surface area contributed by atoms with E-state index in [1.807, 2.05) is 112 Å². The zero-order chi connectivity index (χ0) is 53.2. The van der Waals surface area contributed by atoms with E-state index in [2.05, 4.69) is 41.9 Å². The molecule has 8 rings (SSSR count). The Bertz CT molecular complexity index is 2930. The van der Waals surface area contributed by atoms with E-state index >= 15 is 0 Å². The van der Waals surface area contributed by atoms with E-state index in [1.54, 1.807) is 24.6 Å². The van der Waals surface area contributed by atoms with Crippen LogP contribution >= 0.6 is 22.9 Å². The van der Waals surface area contributed by atoms with E-state index in [4.69, 9.17) is 21.3 Å². The van der Waals surface area contributed by atoms with Crippen LogP contribution in [0.15, 0.2) is 84.6 Å². The van der Waals surface area contributed by atoms with Crippen molar-refractivity contribution in [2.24, 2.45) is 5.41 Å². The summed E-state index contributed by atoms with van der Waals surface area (Å²) in [7, 11) is 3.57. The Morgan fingerprint density at radius 1 is 0.960 bits per heavy atom. The Kier molecular flexibility index (Phi) is 18.1. The fourth-order valence-electron chi connectivity index (χ4n) is 10.2. The van der Waals surface area contributed by atoms with E-state index in [0.29, 0.717) is 35.3 Å². The summed E-state index contributed by atoms with van der Waals surface area (Å²) >= 11 is 8.16. The number of hydrogen-bond acceptors (Lipinski definition) is 12. The lowest BCUT2D eigenvalue weighted by atomic mass is 9.85. The minimum atomic E-state index is -0.869. The highest BCUT2D eigenvalue weighted by molar-refractivity contribution is 7.13. The van der Waals surface area contributed by atoms with Gasteiger partial charge in [-0.3, -0.25) is 19.2 Å². The van der Waals surface area contributed by atoms with Gasteiger partial charge in [0.2, 0.25) is 29.6 Å². The van der Waals surface area contributed by atoms with Gasteiger partial charge >= 0.3 is 0 Å². The zero-order valence-corrected chi connectivity index (χ0v) is 45.5. The van der Waals surface area contributed by atoms with E-state index in [-0.39, 0.29) is 55.6 Å². The van der Waals surface area contributed by atoms with Crippen LogP contribution in [0.25, 0.3) is 32.6 Å². The number of para-hydroxylation sites is 1. The molecule has 5 heterocycles. The molecule has 75 heavy (non-hydrogen) atoms. The minimum absolute atomic E-state index is 0.0228. The number of halogens is 1. The summed E-state index contributed by atoms with van der Waals surface area (Å²) in [6, 6.07) is 20.4. The quantitative estimate of drug-likeness (QED) is 0.0430. The van der Waals surface area contributed by atoms with Gasteiger partial charge in [0, 0.05) is 92.9 Å². The average Bonchev–Trinajstić information content (AvgIpc) is 4.16. The summed E-state index contributed by atoms with van der Waals surface area (Å²) < 4.78 is 5.81. The van der Waals surface area contributed by atoms with Gasteiger partial charge in [-0.1, -0.05) is 101 Å². The normalized spacial score (nSPS) is 16.5. The van der Waals surface area contributed by atoms with Crippen LogP contribution in [0.3, 0.4) is 0 Å². The Balaban J connectivity index is 0.715. The number of aliphatic hydroxyl groups is 1. The first-order valence-corrected chi connectivity index (χ1v) is 27.4. The fourth-order valence-corrected chi connectivity index (χ4v) is 11.2. The van der Waals surface area contributed by atoms with Crippen LogP contribution in [0.1, 0.15) is 103 Å². The number of nitrogens with zero attached hydrogens (tertiary/aromatic N) is 6. The van der Waals surface area contributed by atoms with E-state index in [1.165, 1.54) is 4.90 Å². The number of anilines is 3. The molecule has 2 aliphatic rings. The minimum Gasteiger partial charge on any atom is -0.494 e. The number of piperidine rings is 1. The number of aliphatic hydroxyl groups excluding tert-OH is 1. The number of aromatic amines is 1. The molecule has 18 heteroatoms.